The van der Waals surface area contributed by atoms with Crippen molar-refractivity contribution in [2.24, 2.45) is 14.1 Å². The Kier molecular flexibility index (Phi) is 7.00. The highest BCUT2D eigenvalue weighted by Crippen LogP contribution is 2.48. The van der Waals surface area contributed by atoms with Crippen LogP contribution >= 0.6 is 0 Å². The van der Waals surface area contributed by atoms with Crippen LogP contribution in [0.2, 0.25) is 0 Å². The van der Waals surface area contributed by atoms with Crippen molar-refractivity contribution >= 4 is 88.7 Å². The number of rotatable bonds is 2. The largest absolute Gasteiger partial charge is 0.496 e. The number of ether oxygens (including phenoxy) is 4. The van der Waals surface area contributed by atoms with Gasteiger partial charge in [0.05, 0.1) is 64.5 Å². The van der Waals surface area contributed by atoms with Gasteiger partial charge in [0.15, 0.2) is 0 Å². The zero-order valence-electron chi connectivity index (χ0n) is 35.4. The van der Waals surface area contributed by atoms with Gasteiger partial charge in [0.1, 0.15) is 34.2 Å². The van der Waals surface area contributed by atoms with Crippen molar-refractivity contribution in [3.05, 3.63) is 116 Å². The van der Waals surface area contributed by atoms with Gasteiger partial charge in [-0.15, -0.1) is 0 Å². The molecular weight excluding hydrogens is 765 g/mol. The highest BCUT2D eigenvalue weighted by Gasteiger charge is 2.35. The second-order valence-electron chi connectivity index (χ2n) is 18.1. The fourth-order valence-corrected chi connectivity index (χ4v) is 10.8. The van der Waals surface area contributed by atoms with Crippen LogP contribution < -0.4 is 39.6 Å². The van der Waals surface area contributed by atoms with Gasteiger partial charge in [0.25, 0.3) is 0 Å². The summed E-state index contributed by atoms with van der Waals surface area (Å²) in [5.74, 6) is 2.37. The van der Waals surface area contributed by atoms with E-state index in [1.807, 2.05) is 66.1 Å². The minimum Gasteiger partial charge on any atom is -0.496 e. The lowest BCUT2D eigenvalue weighted by Crippen LogP contribution is -2.46. The van der Waals surface area contributed by atoms with Crippen molar-refractivity contribution in [2.75, 3.05) is 30.7 Å². The van der Waals surface area contributed by atoms with Gasteiger partial charge in [-0.2, -0.15) is 0 Å². The molecule has 0 unspecified atom stereocenters. The van der Waals surface area contributed by atoms with Gasteiger partial charge in [-0.1, -0.05) is 24.3 Å². The van der Waals surface area contributed by atoms with E-state index in [0.29, 0.717) is 64.3 Å². The molecule has 4 aliphatic rings. The molecule has 61 heavy (non-hydrogen) atoms. The summed E-state index contributed by atoms with van der Waals surface area (Å²) in [4.78, 5) is 35.0. The van der Waals surface area contributed by atoms with E-state index in [4.69, 9.17) is 18.9 Å². The molecule has 6 heterocycles. The Labute approximate surface area is 351 Å². The van der Waals surface area contributed by atoms with Crippen LogP contribution in [0.4, 0.5) is 11.4 Å². The zero-order valence-corrected chi connectivity index (χ0v) is 35.4. The number of benzene rings is 6. The maximum absolute atomic E-state index is 15.1. The predicted molar refractivity (Wildman–Crippen MR) is 246 cm³/mol. The van der Waals surface area contributed by atoms with Crippen LogP contribution in [0.3, 0.4) is 0 Å². The standard InChI is InChI=1S/C51H44N4O6/c1-50(2)19-17-28-36(60-50)21-38(58-7)44-46(28)52(5)34-15-11-26-9-13-32-30(40(26)42(34)48(44)56)23-54-25-55(32)24-31-33(54)14-10-27-12-16-35-43(41(27)31)49(57)45-39(59-8)22-37-29(47(45)53(35)6)18-20-51(3,4)61-37/h9-22H,23-25H2,1-8H3. The summed E-state index contributed by atoms with van der Waals surface area (Å²) >= 11 is 0. The Morgan fingerprint density at radius 1 is 0.557 bits per heavy atom. The first-order valence-corrected chi connectivity index (χ1v) is 20.8. The molecule has 2 bridgehead atoms. The van der Waals surface area contributed by atoms with Crippen molar-refractivity contribution in [3.8, 4) is 23.0 Å². The van der Waals surface area contributed by atoms with Crippen molar-refractivity contribution in [2.45, 2.75) is 52.0 Å². The summed E-state index contributed by atoms with van der Waals surface area (Å²) in [6.45, 7) is 9.92. The first kappa shape index (κ1) is 36.0. The summed E-state index contributed by atoms with van der Waals surface area (Å²) in [7, 11) is 7.27. The molecule has 12 rings (SSSR count). The van der Waals surface area contributed by atoms with E-state index >= 15 is 9.59 Å². The normalized spacial score (nSPS) is 16.8. The van der Waals surface area contributed by atoms with Crippen molar-refractivity contribution in [3.63, 3.8) is 0 Å². The maximum atomic E-state index is 15.1. The van der Waals surface area contributed by atoms with Gasteiger partial charge in [0.2, 0.25) is 10.9 Å². The van der Waals surface area contributed by atoms with E-state index in [0.717, 1.165) is 77.2 Å². The number of nitrogens with zero attached hydrogens (tertiary/aromatic N) is 4. The third-order valence-corrected chi connectivity index (χ3v) is 13.5. The summed E-state index contributed by atoms with van der Waals surface area (Å²) < 4.78 is 28.9. The summed E-state index contributed by atoms with van der Waals surface area (Å²) in [6.07, 6.45) is 8.20. The number of hydrogen-bond donors (Lipinski definition) is 0. The maximum Gasteiger partial charge on any atom is 0.201 e. The highest BCUT2D eigenvalue weighted by molar-refractivity contribution is 6.16. The monoisotopic (exact) mass is 808 g/mol. The van der Waals surface area contributed by atoms with Gasteiger partial charge < -0.3 is 37.9 Å². The molecule has 10 heteroatoms. The molecule has 0 fully saturated rings. The van der Waals surface area contributed by atoms with Gasteiger partial charge in [-0.3, -0.25) is 9.59 Å². The zero-order chi connectivity index (χ0) is 42.0. The fourth-order valence-electron chi connectivity index (χ4n) is 10.8. The van der Waals surface area contributed by atoms with E-state index in [1.165, 1.54) is 0 Å². The number of pyridine rings is 2. The lowest BCUT2D eigenvalue weighted by Gasteiger charge is -2.45. The molecule has 8 aromatic rings. The van der Waals surface area contributed by atoms with E-state index < -0.39 is 11.2 Å². The van der Waals surface area contributed by atoms with Crippen LogP contribution in [0, 0.1) is 0 Å². The molecule has 0 amide bonds. The van der Waals surface area contributed by atoms with Crippen LogP contribution in [-0.2, 0) is 27.2 Å². The Hall–Kier alpha value is -6.94. The van der Waals surface area contributed by atoms with Crippen molar-refractivity contribution in [1.82, 2.24) is 9.13 Å². The minimum absolute atomic E-state index is 0.0656. The topological polar surface area (TPSA) is 87.4 Å². The summed E-state index contributed by atoms with van der Waals surface area (Å²) in [5.41, 5.74) is 8.25. The average Bonchev–Trinajstić information content (AvgIpc) is 3.24. The molecule has 0 spiro atoms. The van der Waals surface area contributed by atoms with E-state index in [2.05, 4.69) is 79.6 Å². The second-order valence-corrected chi connectivity index (χ2v) is 18.1. The number of aromatic nitrogens is 2. The Morgan fingerprint density at radius 2 is 0.967 bits per heavy atom. The first-order valence-electron chi connectivity index (χ1n) is 20.8. The van der Waals surface area contributed by atoms with Crippen LogP contribution in [0.15, 0.2) is 82.4 Å². The van der Waals surface area contributed by atoms with Gasteiger partial charge in [0, 0.05) is 83.7 Å². The molecule has 0 N–H and O–H groups in total. The lowest BCUT2D eigenvalue weighted by atomic mass is 9.90. The summed E-state index contributed by atoms with van der Waals surface area (Å²) in [5, 5.41) is 6.33. The molecular formula is C51H44N4O6. The van der Waals surface area contributed by atoms with Gasteiger partial charge >= 0.3 is 0 Å². The molecule has 0 saturated carbocycles. The van der Waals surface area contributed by atoms with Crippen LogP contribution in [0.5, 0.6) is 23.0 Å². The van der Waals surface area contributed by atoms with E-state index in [-0.39, 0.29) is 10.9 Å². The van der Waals surface area contributed by atoms with E-state index in [1.54, 1.807) is 14.2 Å². The molecule has 0 radical (unpaired) electrons. The number of methoxy groups -OCH3 is 2. The fraction of sp³-hybridized carbons (Fsp3) is 0.255. The van der Waals surface area contributed by atoms with E-state index in [9.17, 15) is 0 Å². The number of fused-ring (bicyclic) bond motifs is 20. The average molecular weight is 809 g/mol. The number of hydrogen-bond acceptors (Lipinski definition) is 8. The first-order chi connectivity index (χ1) is 29.3. The smallest absolute Gasteiger partial charge is 0.201 e. The number of aryl methyl sites for hydroxylation is 2. The van der Waals surface area contributed by atoms with Crippen LogP contribution in [0.25, 0.3) is 77.3 Å². The Balaban J connectivity index is 1.08. The minimum atomic E-state index is -0.487. The molecule has 4 aliphatic heterocycles. The third-order valence-electron chi connectivity index (χ3n) is 13.5. The van der Waals surface area contributed by atoms with Crippen molar-refractivity contribution < 1.29 is 18.9 Å². The molecule has 6 aromatic carbocycles. The molecule has 10 nitrogen and oxygen atoms in total. The van der Waals surface area contributed by atoms with Crippen LogP contribution in [-0.4, -0.2) is 41.2 Å². The molecule has 0 saturated heterocycles. The third kappa shape index (κ3) is 4.73. The van der Waals surface area contributed by atoms with Gasteiger partial charge in [-0.25, -0.2) is 0 Å². The molecule has 2 aromatic heterocycles. The Morgan fingerprint density at radius 3 is 1.38 bits per heavy atom. The SMILES string of the molecule is COc1cc2c(c3c1c(=O)c1c4c5c(ccc4ccc1n3C)N1Cc3c(ccc4ccc6c(c(=O)c7c(OC)cc8c(c7n6C)C=CC(C)(C)O8)c34)N(C5)C1)C=CC(C)(C)O2. The highest BCUT2D eigenvalue weighted by atomic mass is 16.5. The molecule has 0 atom stereocenters. The molecule has 0 aliphatic carbocycles. The summed E-state index contributed by atoms with van der Waals surface area (Å²) in [6, 6.07) is 20.7. The Bertz CT molecular complexity index is 3340. The van der Waals surface area contributed by atoms with Crippen molar-refractivity contribution in [1.29, 1.82) is 0 Å². The lowest BCUT2D eigenvalue weighted by molar-refractivity contribution is 0.158. The second kappa shape index (κ2) is 11.9. The van der Waals surface area contributed by atoms with Gasteiger partial charge in [-0.05, 0) is 87.0 Å². The quantitative estimate of drug-likeness (QED) is 0.126. The predicted octanol–water partition coefficient (Wildman–Crippen LogP) is 9.69. The van der Waals surface area contributed by atoms with Crippen LogP contribution in [0.1, 0.15) is 49.9 Å². The molecule has 304 valence electrons. The number of anilines is 2.